The maximum atomic E-state index is 11.5. The molecule has 104 valence electrons. The van der Waals surface area contributed by atoms with Crippen molar-refractivity contribution < 1.29 is 9.53 Å². The first-order valence-electron chi connectivity index (χ1n) is 6.12. The first kappa shape index (κ1) is 14.9. The second kappa shape index (κ2) is 7.35. The zero-order valence-electron chi connectivity index (χ0n) is 11.8. The second-order valence-corrected chi connectivity index (χ2v) is 4.33. The lowest BCUT2D eigenvalue weighted by atomic mass is 10.4. The number of carbonyl (C=O) groups is 1. The highest BCUT2D eigenvalue weighted by atomic mass is 16.6. The summed E-state index contributed by atoms with van der Waals surface area (Å²) in [6, 6.07) is 1.70. The predicted octanol–water partition coefficient (Wildman–Crippen LogP) is 2.14. The van der Waals surface area contributed by atoms with E-state index in [4.69, 9.17) is 4.74 Å². The standard InChI is InChI=1S/C13H20N4O2/c1-5-8-17(4)10-15-11-6-7-14-9-12(11)19-13(18)16(2)3/h6-7,9-10H,5,8H2,1-4H3. The number of amides is 1. The molecular formula is C13H20N4O2. The Morgan fingerprint density at radius 2 is 2.21 bits per heavy atom. The molecule has 0 unspecified atom stereocenters. The van der Waals surface area contributed by atoms with E-state index in [9.17, 15) is 4.79 Å². The van der Waals surface area contributed by atoms with Gasteiger partial charge in [0.1, 0.15) is 5.69 Å². The average Bonchev–Trinajstić information content (AvgIpc) is 2.38. The van der Waals surface area contributed by atoms with Crippen molar-refractivity contribution in [2.75, 3.05) is 27.7 Å². The van der Waals surface area contributed by atoms with Gasteiger partial charge in [0.05, 0.1) is 12.5 Å². The van der Waals surface area contributed by atoms with Gasteiger partial charge in [-0.25, -0.2) is 9.79 Å². The minimum Gasteiger partial charge on any atom is -0.406 e. The summed E-state index contributed by atoms with van der Waals surface area (Å²) in [5.41, 5.74) is 0.577. The summed E-state index contributed by atoms with van der Waals surface area (Å²) in [6.07, 6.45) is 5.40. The van der Waals surface area contributed by atoms with Crippen molar-refractivity contribution in [2.45, 2.75) is 13.3 Å². The molecule has 0 saturated carbocycles. The third kappa shape index (κ3) is 4.95. The largest absolute Gasteiger partial charge is 0.414 e. The molecule has 1 heterocycles. The van der Waals surface area contributed by atoms with E-state index in [1.54, 1.807) is 32.7 Å². The molecule has 0 fully saturated rings. The van der Waals surface area contributed by atoms with Crippen LogP contribution in [0.15, 0.2) is 23.5 Å². The van der Waals surface area contributed by atoms with Crippen molar-refractivity contribution in [3.63, 3.8) is 0 Å². The summed E-state index contributed by atoms with van der Waals surface area (Å²) in [4.78, 5) is 23.1. The fraction of sp³-hybridized carbons (Fsp3) is 0.462. The van der Waals surface area contributed by atoms with Crippen LogP contribution in [0.25, 0.3) is 0 Å². The van der Waals surface area contributed by atoms with Gasteiger partial charge in [-0.05, 0) is 12.5 Å². The average molecular weight is 264 g/mol. The number of ether oxygens (including phenoxy) is 1. The number of carbonyl (C=O) groups excluding carboxylic acids is 1. The number of aromatic nitrogens is 1. The Morgan fingerprint density at radius 3 is 2.84 bits per heavy atom. The summed E-state index contributed by atoms with van der Waals surface area (Å²) < 4.78 is 5.19. The van der Waals surface area contributed by atoms with Gasteiger partial charge in [-0.2, -0.15) is 0 Å². The summed E-state index contributed by atoms with van der Waals surface area (Å²) in [5.74, 6) is 0.349. The first-order chi connectivity index (χ1) is 9.04. The van der Waals surface area contributed by atoms with Crippen molar-refractivity contribution in [2.24, 2.45) is 4.99 Å². The molecule has 0 aromatic carbocycles. The van der Waals surface area contributed by atoms with Gasteiger partial charge in [0.25, 0.3) is 0 Å². The maximum absolute atomic E-state index is 11.5. The first-order valence-corrected chi connectivity index (χ1v) is 6.12. The molecule has 1 amide bonds. The van der Waals surface area contributed by atoms with Gasteiger partial charge in [-0.3, -0.25) is 4.98 Å². The van der Waals surface area contributed by atoms with Gasteiger partial charge in [0, 0.05) is 33.9 Å². The molecule has 0 saturated heterocycles. The van der Waals surface area contributed by atoms with Gasteiger partial charge in [-0.15, -0.1) is 0 Å². The van der Waals surface area contributed by atoms with Gasteiger partial charge in [0.2, 0.25) is 0 Å². The van der Waals surface area contributed by atoms with Crippen LogP contribution in [0.1, 0.15) is 13.3 Å². The number of nitrogens with zero attached hydrogens (tertiary/aromatic N) is 4. The molecule has 0 spiro atoms. The Bertz CT molecular complexity index is 446. The minimum absolute atomic E-state index is 0.349. The molecule has 0 atom stereocenters. The van der Waals surface area contributed by atoms with Gasteiger partial charge in [0.15, 0.2) is 5.75 Å². The van der Waals surface area contributed by atoms with Crippen molar-refractivity contribution in [3.8, 4) is 5.75 Å². The molecule has 1 rings (SSSR count). The Labute approximate surface area is 113 Å². The summed E-state index contributed by atoms with van der Waals surface area (Å²) in [7, 11) is 5.19. The lowest BCUT2D eigenvalue weighted by Crippen LogP contribution is -2.25. The zero-order chi connectivity index (χ0) is 14.3. The number of aliphatic imine (C=N–C) groups is 1. The Balaban J connectivity index is 2.81. The van der Waals surface area contributed by atoms with Crippen LogP contribution in [0.2, 0.25) is 0 Å². The number of pyridine rings is 1. The van der Waals surface area contributed by atoms with Crippen molar-refractivity contribution in [1.82, 2.24) is 14.8 Å². The van der Waals surface area contributed by atoms with E-state index >= 15 is 0 Å². The highest BCUT2D eigenvalue weighted by Crippen LogP contribution is 2.25. The Kier molecular flexibility index (Phi) is 5.78. The van der Waals surface area contributed by atoms with Crippen LogP contribution >= 0.6 is 0 Å². The lowest BCUT2D eigenvalue weighted by Gasteiger charge is -2.13. The molecule has 0 aliphatic heterocycles. The van der Waals surface area contributed by atoms with E-state index in [1.807, 2.05) is 11.9 Å². The number of rotatable bonds is 5. The SMILES string of the molecule is CCCN(C)C=Nc1ccncc1OC(=O)N(C)C. The second-order valence-electron chi connectivity index (χ2n) is 4.33. The van der Waals surface area contributed by atoms with Crippen molar-refractivity contribution >= 4 is 18.1 Å². The highest BCUT2D eigenvalue weighted by molar-refractivity contribution is 5.73. The van der Waals surface area contributed by atoms with E-state index < -0.39 is 6.09 Å². The minimum atomic E-state index is -0.452. The van der Waals surface area contributed by atoms with Crippen LogP contribution < -0.4 is 4.74 Å². The van der Waals surface area contributed by atoms with Gasteiger partial charge >= 0.3 is 6.09 Å². The smallest absolute Gasteiger partial charge is 0.406 e. The molecule has 19 heavy (non-hydrogen) atoms. The molecule has 0 aliphatic carbocycles. The number of hydrogen-bond acceptors (Lipinski definition) is 4. The van der Waals surface area contributed by atoms with Crippen LogP contribution in [-0.4, -0.2) is 54.9 Å². The van der Waals surface area contributed by atoms with Crippen LogP contribution in [0.3, 0.4) is 0 Å². The topological polar surface area (TPSA) is 58.0 Å². The fourth-order valence-electron chi connectivity index (χ4n) is 1.31. The van der Waals surface area contributed by atoms with E-state index in [0.717, 1.165) is 13.0 Å². The molecule has 0 N–H and O–H groups in total. The van der Waals surface area contributed by atoms with Gasteiger partial charge in [-0.1, -0.05) is 6.92 Å². The predicted molar refractivity (Wildman–Crippen MR) is 75.0 cm³/mol. The summed E-state index contributed by atoms with van der Waals surface area (Å²) >= 11 is 0. The lowest BCUT2D eigenvalue weighted by molar-refractivity contribution is 0.172. The van der Waals surface area contributed by atoms with Crippen molar-refractivity contribution in [3.05, 3.63) is 18.5 Å². The van der Waals surface area contributed by atoms with Crippen molar-refractivity contribution in [1.29, 1.82) is 0 Å². The zero-order valence-corrected chi connectivity index (χ0v) is 11.8. The summed E-state index contributed by atoms with van der Waals surface area (Å²) in [5, 5.41) is 0. The van der Waals surface area contributed by atoms with Crippen LogP contribution in [0, 0.1) is 0 Å². The molecule has 0 aliphatic rings. The van der Waals surface area contributed by atoms with Crippen LogP contribution in [-0.2, 0) is 0 Å². The molecule has 0 radical (unpaired) electrons. The Morgan fingerprint density at radius 1 is 1.47 bits per heavy atom. The highest BCUT2D eigenvalue weighted by Gasteiger charge is 2.10. The van der Waals surface area contributed by atoms with E-state index in [2.05, 4.69) is 16.9 Å². The normalized spacial score (nSPS) is 10.5. The molecule has 0 bridgehead atoms. The van der Waals surface area contributed by atoms with Crippen LogP contribution in [0.4, 0.5) is 10.5 Å². The number of hydrogen-bond donors (Lipinski definition) is 0. The van der Waals surface area contributed by atoms with E-state index in [0.29, 0.717) is 11.4 Å². The maximum Gasteiger partial charge on any atom is 0.414 e. The Hall–Kier alpha value is -2.11. The molecule has 6 nitrogen and oxygen atoms in total. The van der Waals surface area contributed by atoms with Crippen LogP contribution in [0.5, 0.6) is 5.75 Å². The third-order valence-electron chi connectivity index (χ3n) is 2.30. The van der Waals surface area contributed by atoms with Gasteiger partial charge < -0.3 is 14.5 Å². The molecular weight excluding hydrogens is 244 g/mol. The quantitative estimate of drug-likeness (QED) is 0.604. The van der Waals surface area contributed by atoms with E-state index in [-0.39, 0.29) is 0 Å². The summed E-state index contributed by atoms with van der Waals surface area (Å²) in [6.45, 7) is 3.02. The molecule has 1 aromatic rings. The monoisotopic (exact) mass is 264 g/mol. The van der Waals surface area contributed by atoms with E-state index in [1.165, 1.54) is 11.1 Å². The molecule has 1 aromatic heterocycles. The third-order valence-corrected chi connectivity index (χ3v) is 2.30. The molecule has 6 heteroatoms. The fourth-order valence-corrected chi connectivity index (χ4v) is 1.31.